The first kappa shape index (κ1) is 56.9. The molecule has 6 nitrogen and oxygen atoms in total. The maximum Gasteiger partial charge on any atom is 0.306 e. The summed E-state index contributed by atoms with van der Waals surface area (Å²) < 4.78 is 16.8. The number of unbranched alkanes of at least 4 members (excludes halogenated alkanes) is 32. The maximum atomic E-state index is 12.8. The lowest BCUT2D eigenvalue weighted by molar-refractivity contribution is -0.167. The summed E-state index contributed by atoms with van der Waals surface area (Å²) in [7, 11) is 0. The molecule has 0 saturated heterocycles. The predicted octanol–water partition coefficient (Wildman–Crippen LogP) is 16.8. The molecule has 0 aromatic heterocycles. The summed E-state index contributed by atoms with van der Waals surface area (Å²) in [6, 6.07) is 0. The molecule has 0 saturated carbocycles. The molecule has 0 aliphatic carbocycles. The molecule has 0 heterocycles. The summed E-state index contributed by atoms with van der Waals surface area (Å²) in [4.78, 5) is 37.9. The molecule has 59 heavy (non-hydrogen) atoms. The van der Waals surface area contributed by atoms with E-state index in [0.29, 0.717) is 19.3 Å². The highest BCUT2D eigenvalue weighted by atomic mass is 16.6. The van der Waals surface area contributed by atoms with Gasteiger partial charge in [-0.3, -0.25) is 14.4 Å². The lowest BCUT2D eigenvalue weighted by Gasteiger charge is -2.18. The van der Waals surface area contributed by atoms with E-state index < -0.39 is 6.10 Å². The first-order valence-corrected chi connectivity index (χ1v) is 25.8. The minimum absolute atomic E-state index is 0.0690. The fourth-order valence-corrected chi connectivity index (χ4v) is 7.53. The number of hydrogen-bond acceptors (Lipinski definition) is 6. The second-order valence-electron chi connectivity index (χ2n) is 17.4. The number of esters is 3. The molecule has 0 fully saturated rings. The molecule has 0 aliphatic rings. The van der Waals surface area contributed by atoms with Crippen LogP contribution in [0.4, 0.5) is 0 Å². The van der Waals surface area contributed by atoms with Gasteiger partial charge in [0.1, 0.15) is 13.2 Å². The quantitative estimate of drug-likeness (QED) is 0.0263. The molecule has 0 radical (unpaired) electrons. The molecule has 0 N–H and O–H groups in total. The van der Waals surface area contributed by atoms with Crippen molar-refractivity contribution >= 4 is 17.9 Å². The Morgan fingerprint density at radius 2 is 0.610 bits per heavy atom. The van der Waals surface area contributed by atoms with Gasteiger partial charge < -0.3 is 14.2 Å². The number of allylic oxidation sites excluding steroid dienone is 4. The van der Waals surface area contributed by atoms with Gasteiger partial charge >= 0.3 is 17.9 Å². The monoisotopic (exact) mass is 831 g/mol. The van der Waals surface area contributed by atoms with Crippen LogP contribution in [-0.2, 0) is 28.6 Å². The van der Waals surface area contributed by atoms with Gasteiger partial charge in [-0.25, -0.2) is 0 Å². The molecule has 6 heteroatoms. The predicted molar refractivity (Wildman–Crippen MR) is 252 cm³/mol. The minimum Gasteiger partial charge on any atom is -0.462 e. The van der Waals surface area contributed by atoms with Crippen molar-refractivity contribution in [1.29, 1.82) is 0 Å². The van der Waals surface area contributed by atoms with Gasteiger partial charge in [0.25, 0.3) is 0 Å². The summed E-state index contributed by atoms with van der Waals surface area (Å²) in [5.74, 6) is -0.864. The summed E-state index contributed by atoms with van der Waals surface area (Å²) in [5, 5.41) is 0. The molecule has 0 spiro atoms. The fourth-order valence-electron chi connectivity index (χ4n) is 7.53. The highest BCUT2D eigenvalue weighted by Gasteiger charge is 2.19. The standard InChI is InChI=1S/C53H98O6/c1-4-7-10-13-16-19-22-24-25-26-27-29-31-34-37-40-43-46-52(55)58-49-50(48-57-51(54)45-42-39-36-33-30-21-18-15-12-9-6-3)59-53(56)47-44-41-38-35-32-28-23-20-17-14-11-8-5-2/h16,19,24-25,50H,4-15,17-18,20-23,26-49H2,1-3H3/b19-16-,25-24-/t50-/m1/s1. The molecular weight excluding hydrogens is 733 g/mol. The third-order valence-electron chi connectivity index (χ3n) is 11.5. The van der Waals surface area contributed by atoms with Crippen molar-refractivity contribution < 1.29 is 28.6 Å². The summed E-state index contributed by atoms with van der Waals surface area (Å²) in [5.41, 5.74) is 0. The van der Waals surface area contributed by atoms with Crippen molar-refractivity contribution in [3.8, 4) is 0 Å². The van der Waals surface area contributed by atoms with Gasteiger partial charge in [-0.05, 0) is 51.4 Å². The van der Waals surface area contributed by atoms with Gasteiger partial charge in [0.2, 0.25) is 0 Å². The number of rotatable bonds is 47. The normalized spacial score (nSPS) is 12.1. The van der Waals surface area contributed by atoms with Crippen LogP contribution in [0.2, 0.25) is 0 Å². The Morgan fingerprint density at radius 3 is 0.966 bits per heavy atom. The van der Waals surface area contributed by atoms with E-state index in [-0.39, 0.29) is 31.1 Å². The van der Waals surface area contributed by atoms with Crippen molar-refractivity contribution in [2.24, 2.45) is 0 Å². The first-order valence-electron chi connectivity index (χ1n) is 25.8. The van der Waals surface area contributed by atoms with Crippen LogP contribution in [0.3, 0.4) is 0 Å². The van der Waals surface area contributed by atoms with Crippen LogP contribution in [0, 0.1) is 0 Å². The van der Waals surface area contributed by atoms with Crippen LogP contribution >= 0.6 is 0 Å². The molecule has 0 aromatic rings. The lowest BCUT2D eigenvalue weighted by Crippen LogP contribution is -2.30. The van der Waals surface area contributed by atoms with E-state index >= 15 is 0 Å². The highest BCUT2D eigenvalue weighted by Crippen LogP contribution is 2.16. The Kier molecular flexibility index (Phi) is 46.8. The van der Waals surface area contributed by atoms with E-state index in [2.05, 4.69) is 45.1 Å². The van der Waals surface area contributed by atoms with Gasteiger partial charge in [0.05, 0.1) is 0 Å². The molecule has 0 amide bonds. The molecule has 0 bridgehead atoms. The highest BCUT2D eigenvalue weighted by molar-refractivity contribution is 5.71. The molecule has 346 valence electrons. The van der Waals surface area contributed by atoms with Gasteiger partial charge in [-0.1, -0.05) is 231 Å². The van der Waals surface area contributed by atoms with E-state index in [1.54, 1.807) is 0 Å². The van der Waals surface area contributed by atoms with Crippen molar-refractivity contribution in [3.63, 3.8) is 0 Å². The summed E-state index contributed by atoms with van der Waals surface area (Å²) in [6.45, 7) is 6.62. The van der Waals surface area contributed by atoms with Crippen LogP contribution < -0.4 is 0 Å². The van der Waals surface area contributed by atoms with E-state index in [4.69, 9.17) is 14.2 Å². The van der Waals surface area contributed by atoms with Crippen LogP contribution in [0.15, 0.2) is 24.3 Å². The van der Waals surface area contributed by atoms with Gasteiger partial charge in [0.15, 0.2) is 6.10 Å². The molecule has 0 unspecified atom stereocenters. The SMILES string of the molecule is CCCCC/C=C\C/C=C\CCCCCCCCCC(=O)OC[C@@H](COC(=O)CCCCCCCCCCCCC)OC(=O)CCCCCCCCCCCCCCC. The average molecular weight is 831 g/mol. The second-order valence-corrected chi connectivity index (χ2v) is 17.4. The molecule has 1 atom stereocenters. The molecular formula is C53H98O6. The number of hydrogen-bond donors (Lipinski definition) is 0. The average Bonchev–Trinajstić information content (AvgIpc) is 3.23. The Bertz CT molecular complexity index is 958. The van der Waals surface area contributed by atoms with Crippen molar-refractivity contribution in [1.82, 2.24) is 0 Å². The topological polar surface area (TPSA) is 78.9 Å². The Morgan fingerprint density at radius 1 is 0.339 bits per heavy atom. The van der Waals surface area contributed by atoms with E-state index in [9.17, 15) is 14.4 Å². The van der Waals surface area contributed by atoms with E-state index in [1.165, 1.54) is 167 Å². The molecule has 0 aromatic carbocycles. The fraction of sp³-hybridized carbons (Fsp3) is 0.868. The maximum absolute atomic E-state index is 12.8. The van der Waals surface area contributed by atoms with Gasteiger partial charge in [-0.15, -0.1) is 0 Å². The smallest absolute Gasteiger partial charge is 0.306 e. The minimum atomic E-state index is -0.767. The van der Waals surface area contributed by atoms with Crippen LogP contribution in [0.25, 0.3) is 0 Å². The van der Waals surface area contributed by atoms with E-state index in [1.807, 2.05) is 0 Å². The largest absolute Gasteiger partial charge is 0.462 e. The van der Waals surface area contributed by atoms with Crippen LogP contribution in [0.5, 0.6) is 0 Å². The summed E-state index contributed by atoms with van der Waals surface area (Å²) >= 11 is 0. The molecule has 0 aliphatic heterocycles. The number of carbonyl (C=O) groups excluding carboxylic acids is 3. The zero-order valence-corrected chi connectivity index (χ0v) is 39.5. The third-order valence-corrected chi connectivity index (χ3v) is 11.5. The Hall–Kier alpha value is -2.11. The summed E-state index contributed by atoms with van der Waals surface area (Å²) in [6.07, 6.45) is 54.4. The Labute approximate surface area is 366 Å². The number of ether oxygens (including phenoxy) is 3. The zero-order valence-electron chi connectivity index (χ0n) is 39.5. The lowest BCUT2D eigenvalue weighted by atomic mass is 10.0. The second kappa shape index (κ2) is 48.6. The van der Waals surface area contributed by atoms with E-state index in [0.717, 1.165) is 70.6 Å². The third kappa shape index (κ3) is 46.8. The van der Waals surface area contributed by atoms with Crippen LogP contribution in [-0.4, -0.2) is 37.2 Å². The van der Waals surface area contributed by atoms with Crippen molar-refractivity contribution in [2.75, 3.05) is 13.2 Å². The van der Waals surface area contributed by atoms with Gasteiger partial charge in [0, 0.05) is 19.3 Å². The Balaban J connectivity index is 4.32. The molecule has 0 rings (SSSR count). The van der Waals surface area contributed by atoms with Crippen molar-refractivity contribution in [2.45, 2.75) is 284 Å². The van der Waals surface area contributed by atoms with Crippen LogP contribution in [0.1, 0.15) is 278 Å². The first-order chi connectivity index (χ1) is 29.0. The van der Waals surface area contributed by atoms with Crippen molar-refractivity contribution in [3.05, 3.63) is 24.3 Å². The van der Waals surface area contributed by atoms with Gasteiger partial charge in [-0.2, -0.15) is 0 Å². The number of carbonyl (C=O) groups is 3. The zero-order chi connectivity index (χ0) is 43.0.